The molecule has 0 saturated heterocycles. The summed E-state index contributed by atoms with van der Waals surface area (Å²) in [6, 6.07) is 3.52. The van der Waals surface area contributed by atoms with Crippen LogP contribution in [0.15, 0.2) is 12.1 Å². The van der Waals surface area contributed by atoms with E-state index in [4.69, 9.17) is 11.6 Å². The van der Waals surface area contributed by atoms with Gasteiger partial charge in [0.2, 0.25) is 0 Å². The topological polar surface area (TPSA) is 12.0 Å². The third-order valence-corrected chi connectivity index (χ3v) is 4.58. The molecule has 0 aliphatic carbocycles. The molecule has 2 rings (SSSR count). The molecule has 0 bridgehead atoms. The largest absolute Gasteiger partial charge is 0.309 e. The van der Waals surface area contributed by atoms with Crippen LogP contribution in [0.25, 0.3) is 0 Å². The summed E-state index contributed by atoms with van der Waals surface area (Å²) in [4.78, 5) is 0. The highest BCUT2D eigenvalue weighted by molar-refractivity contribution is 7.99. The van der Waals surface area contributed by atoms with Crippen molar-refractivity contribution in [2.24, 2.45) is 0 Å². The zero-order chi connectivity index (χ0) is 12.4. The van der Waals surface area contributed by atoms with Crippen LogP contribution in [0.2, 0.25) is 5.02 Å². The molecule has 0 amide bonds. The highest BCUT2D eigenvalue weighted by Crippen LogP contribution is 2.39. The van der Waals surface area contributed by atoms with E-state index in [0.717, 1.165) is 29.8 Å². The molecule has 0 spiro atoms. The van der Waals surface area contributed by atoms with E-state index in [2.05, 4.69) is 19.2 Å². The van der Waals surface area contributed by atoms with Gasteiger partial charge in [0.15, 0.2) is 0 Å². The van der Waals surface area contributed by atoms with E-state index in [9.17, 15) is 4.39 Å². The molecule has 1 nitrogen and oxygen atoms in total. The minimum absolute atomic E-state index is 0.171. The van der Waals surface area contributed by atoms with Gasteiger partial charge < -0.3 is 5.32 Å². The van der Waals surface area contributed by atoms with Crippen molar-refractivity contribution in [3.05, 3.63) is 34.1 Å². The first-order valence-corrected chi connectivity index (χ1v) is 7.39. The third-order valence-electron chi connectivity index (χ3n) is 3.10. The summed E-state index contributed by atoms with van der Waals surface area (Å²) in [5.74, 6) is 0.569. The van der Waals surface area contributed by atoms with E-state index in [1.54, 1.807) is 11.8 Å². The molecule has 2 atom stereocenters. The molecule has 1 heterocycles. The maximum absolute atomic E-state index is 13.8. The second-order valence-corrected chi connectivity index (χ2v) is 6.21. The molecular formula is C13H17ClFNS. The fourth-order valence-electron chi connectivity index (χ4n) is 2.19. The molecule has 0 fully saturated rings. The van der Waals surface area contributed by atoms with Gasteiger partial charge >= 0.3 is 0 Å². The number of nitrogens with one attached hydrogen (secondary N) is 1. The van der Waals surface area contributed by atoms with E-state index in [-0.39, 0.29) is 11.9 Å². The van der Waals surface area contributed by atoms with Crippen molar-refractivity contribution < 1.29 is 4.39 Å². The highest BCUT2D eigenvalue weighted by Gasteiger charge is 2.28. The summed E-state index contributed by atoms with van der Waals surface area (Å²) in [6.45, 7) is 5.26. The summed E-state index contributed by atoms with van der Waals surface area (Å²) in [6.07, 6.45) is 1.08. The molecule has 94 valence electrons. The summed E-state index contributed by atoms with van der Waals surface area (Å²) in [5, 5.41) is 4.43. The molecule has 1 aromatic rings. The lowest BCUT2D eigenvalue weighted by molar-refractivity contribution is 0.512. The van der Waals surface area contributed by atoms with Crippen molar-refractivity contribution in [3.8, 4) is 0 Å². The smallest absolute Gasteiger partial charge is 0.129 e. The van der Waals surface area contributed by atoms with E-state index in [0.29, 0.717) is 10.3 Å². The number of rotatable bonds is 3. The minimum atomic E-state index is -0.171. The molecule has 17 heavy (non-hydrogen) atoms. The fraction of sp³-hybridized carbons (Fsp3) is 0.538. The highest BCUT2D eigenvalue weighted by atomic mass is 35.5. The lowest BCUT2D eigenvalue weighted by atomic mass is 9.97. The van der Waals surface area contributed by atoms with Crippen LogP contribution in [-0.4, -0.2) is 11.8 Å². The Kier molecular flexibility index (Phi) is 4.34. The van der Waals surface area contributed by atoms with Gasteiger partial charge in [0.25, 0.3) is 0 Å². The van der Waals surface area contributed by atoms with Gasteiger partial charge in [-0.15, -0.1) is 0 Å². The van der Waals surface area contributed by atoms with Gasteiger partial charge in [-0.1, -0.05) is 25.4 Å². The van der Waals surface area contributed by atoms with Crippen LogP contribution in [0, 0.1) is 5.82 Å². The van der Waals surface area contributed by atoms with Crippen molar-refractivity contribution in [2.45, 2.75) is 37.3 Å². The molecule has 0 radical (unpaired) electrons. The van der Waals surface area contributed by atoms with Crippen molar-refractivity contribution in [2.75, 3.05) is 6.54 Å². The predicted molar refractivity (Wildman–Crippen MR) is 73.2 cm³/mol. The average Bonchev–Trinajstić information content (AvgIpc) is 2.27. The van der Waals surface area contributed by atoms with E-state index < -0.39 is 0 Å². The van der Waals surface area contributed by atoms with Gasteiger partial charge in [-0.25, -0.2) is 4.39 Å². The first-order chi connectivity index (χ1) is 8.13. The fourth-order valence-corrected chi connectivity index (χ4v) is 3.58. The first kappa shape index (κ1) is 13.2. The number of fused-ring (bicyclic) bond motifs is 1. The molecule has 1 aromatic carbocycles. The van der Waals surface area contributed by atoms with Gasteiger partial charge in [-0.3, -0.25) is 0 Å². The second kappa shape index (κ2) is 5.59. The molecule has 0 saturated carbocycles. The Morgan fingerprint density at radius 1 is 1.53 bits per heavy atom. The molecule has 4 heteroatoms. The van der Waals surface area contributed by atoms with Crippen LogP contribution in [0.5, 0.6) is 0 Å². The molecule has 2 unspecified atom stereocenters. The second-order valence-electron chi connectivity index (χ2n) is 4.40. The van der Waals surface area contributed by atoms with Crippen molar-refractivity contribution in [1.29, 1.82) is 0 Å². The lowest BCUT2D eigenvalue weighted by Crippen LogP contribution is -2.32. The minimum Gasteiger partial charge on any atom is -0.309 e. The Labute approximate surface area is 111 Å². The Balaban J connectivity index is 2.36. The average molecular weight is 274 g/mol. The molecule has 0 aromatic heterocycles. The molecule has 1 N–H and O–H groups in total. The van der Waals surface area contributed by atoms with Gasteiger partial charge in [-0.05, 0) is 30.7 Å². The number of hydrogen-bond acceptors (Lipinski definition) is 2. The van der Waals surface area contributed by atoms with Crippen molar-refractivity contribution in [3.63, 3.8) is 0 Å². The van der Waals surface area contributed by atoms with Crippen LogP contribution in [0.1, 0.15) is 37.4 Å². The summed E-state index contributed by atoms with van der Waals surface area (Å²) in [7, 11) is 0. The molecular weight excluding hydrogens is 257 g/mol. The number of halogens is 2. The van der Waals surface area contributed by atoms with Gasteiger partial charge in [0.05, 0.1) is 0 Å². The van der Waals surface area contributed by atoms with E-state index in [1.165, 1.54) is 6.07 Å². The lowest BCUT2D eigenvalue weighted by Gasteiger charge is -2.32. The zero-order valence-electron chi connectivity index (χ0n) is 10.1. The predicted octanol–water partition coefficient (Wildman–Crippen LogP) is 4.16. The summed E-state index contributed by atoms with van der Waals surface area (Å²) in [5.41, 5.74) is 1.85. The number of benzene rings is 1. The summed E-state index contributed by atoms with van der Waals surface area (Å²) >= 11 is 7.75. The van der Waals surface area contributed by atoms with Crippen LogP contribution >= 0.6 is 23.4 Å². The summed E-state index contributed by atoms with van der Waals surface area (Å²) < 4.78 is 13.8. The maximum Gasteiger partial charge on any atom is 0.129 e. The van der Waals surface area contributed by atoms with Crippen LogP contribution in [0.3, 0.4) is 0 Å². The van der Waals surface area contributed by atoms with Crippen molar-refractivity contribution >= 4 is 23.4 Å². The standard InChI is InChI=1S/C13H17ClFNS/c1-3-4-16-13-8(2)17-7-11-10(13)5-9(14)6-12(11)15/h5-6,8,13,16H,3-4,7H2,1-2H3. The Morgan fingerprint density at radius 2 is 2.29 bits per heavy atom. The van der Waals surface area contributed by atoms with Crippen LogP contribution in [0.4, 0.5) is 4.39 Å². The van der Waals surface area contributed by atoms with Gasteiger partial charge in [-0.2, -0.15) is 11.8 Å². The van der Waals surface area contributed by atoms with E-state index >= 15 is 0 Å². The van der Waals surface area contributed by atoms with E-state index in [1.807, 2.05) is 6.07 Å². The van der Waals surface area contributed by atoms with Crippen LogP contribution < -0.4 is 5.32 Å². The Hall–Kier alpha value is -0.250. The third kappa shape index (κ3) is 2.78. The normalized spacial score (nSPS) is 23.5. The Bertz CT molecular complexity index is 411. The molecule has 1 aliphatic heterocycles. The zero-order valence-corrected chi connectivity index (χ0v) is 11.7. The maximum atomic E-state index is 13.8. The van der Waals surface area contributed by atoms with Crippen LogP contribution in [-0.2, 0) is 5.75 Å². The van der Waals surface area contributed by atoms with Crippen molar-refractivity contribution in [1.82, 2.24) is 5.32 Å². The molecule has 1 aliphatic rings. The quantitative estimate of drug-likeness (QED) is 0.888. The van der Waals surface area contributed by atoms with Gasteiger partial charge in [0.1, 0.15) is 5.82 Å². The first-order valence-electron chi connectivity index (χ1n) is 5.96. The van der Waals surface area contributed by atoms with Gasteiger partial charge in [0, 0.05) is 27.6 Å². The number of hydrogen-bond donors (Lipinski definition) is 1. The monoisotopic (exact) mass is 273 g/mol. The Morgan fingerprint density at radius 3 is 3.00 bits per heavy atom. The SMILES string of the molecule is CCCNC1c2cc(Cl)cc(F)c2CSC1C. The number of thioether (sulfide) groups is 1.